The molecule has 0 unspecified atom stereocenters. The zero-order chi connectivity index (χ0) is 13.1. The SMILES string of the molecule is Cc1cc(Oc2ccc(Br)cc2CBr)ccc1Br. The van der Waals surface area contributed by atoms with E-state index in [0.717, 1.165) is 36.9 Å². The summed E-state index contributed by atoms with van der Waals surface area (Å²) >= 11 is 10.4. The third kappa shape index (κ3) is 3.37. The van der Waals surface area contributed by atoms with E-state index >= 15 is 0 Å². The number of alkyl halides is 1. The van der Waals surface area contributed by atoms with Gasteiger partial charge in [0.25, 0.3) is 0 Å². The summed E-state index contributed by atoms with van der Waals surface area (Å²) in [7, 11) is 0. The summed E-state index contributed by atoms with van der Waals surface area (Å²) in [5.41, 5.74) is 2.27. The summed E-state index contributed by atoms with van der Waals surface area (Å²) in [6.07, 6.45) is 0. The first-order valence-electron chi connectivity index (χ1n) is 5.38. The first-order valence-corrected chi connectivity index (χ1v) is 8.09. The van der Waals surface area contributed by atoms with Gasteiger partial charge in [-0.1, -0.05) is 47.8 Å². The van der Waals surface area contributed by atoms with Crippen LogP contribution in [0.15, 0.2) is 45.3 Å². The van der Waals surface area contributed by atoms with E-state index in [4.69, 9.17) is 4.74 Å². The fourth-order valence-electron chi connectivity index (χ4n) is 1.56. The summed E-state index contributed by atoms with van der Waals surface area (Å²) in [6, 6.07) is 12.0. The van der Waals surface area contributed by atoms with E-state index in [1.54, 1.807) is 0 Å². The minimum atomic E-state index is 0.761. The van der Waals surface area contributed by atoms with Gasteiger partial charge < -0.3 is 4.74 Å². The van der Waals surface area contributed by atoms with Crippen molar-refractivity contribution in [2.24, 2.45) is 0 Å². The molecule has 2 aromatic carbocycles. The molecule has 0 aromatic heterocycles. The number of rotatable bonds is 3. The highest BCUT2D eigenvalue weighted by Crippen LogP contribution is 2.31. The fourth-order valence-corrected chi connectivity index (χ4v) is 2.65. The summed E-state index contributed by atoms with van der Waals surface area (Å²) in [4.78, 5) is 0. The molecular formula is C14H11Br3O. The van der Waals surface area contributed by atoms with Gasteiger partial charge in [-0.2, -0.15) is 0 Å². The van der Waals surface area contributed by atoms with Gasteiger partial charge in [0.1, 0.15) is 11.5 Å². The number of benzene rings is 2. The Morgan fingerprint density at radius 1 is 1.06 bits per heavy atom. The van der Waals surface area contributed by atoms with Crippen LogP contribution < -0.4 is 4.74 Å². The number of ether oxygens (including phenoxy) is 1. The van der Waals surface area contributed by atoms with Crippen LogP contribution in [-0.2, 0) is 5.33 Å². The molecule has 0 fully saturated rings. The minimum Gasteiger partial charge on any atom is -0.457 e. The van der Waals surface area contributed by atoms with Crippen LogP contribution in [0.25, 0.3) is 0 Å². The Hall–Kier alpha value is -0.320. The van der Waals surface area contributed by atoms with E-state index in [0.29, 0.717) is 0 Å². The zero-order valence-electron chi connectivity index (χ0n) is 9.71. The van der Waals surface area contributed by atoms with Gasteiger partial charge in [-0.3, -0.25) is 0 Å². The maximum Gasteiger partial charge on any atom is 0.131 e. The van der Waals surface area contributed by atoms with E-state index in [1.165, 1.54) is 0 Å². The maximum atomic E-state index is 5.92. The fraction of sp³-hybridized carbons (Fsp3) is 0.143. The molecule has 0 spiro atoms. The predicted molar refractivity (Wildman–Crippen MR) is 85.7 cm³/mol. The minimum absolute atomic E-state index is 0.761. The smallest absolute Gasteiger partial charge is 0.131 e. The van der Waals surface area contributed by atoms with Gasteiger partial charge in [-0.05, 0) is 48.9 Å². The second kappa shape index (κ2) is 6.22. The largest absolute Gasteiger partial charge is 0.457 e. The first kappa shape index (κ1) is 14.1. The maximum absolute atomic E-state index is 5.92. The standard InChI is InChI=1S/C14H11Br3O/c1-9-6-12(3-4-13(9)17)18-14-5-2-11(16)7-10(14)8-15/h2-7H,8H2,1H3. The third-order valence-electron chi connectivity index (χ3n) is 2.52. The molecule has 0 bridgehead atoms. The lowest BCUT2D eigenvalue weighted by Crippen LogP contribution is -1.90. The normalized spacial score (nSPS) is 10.4. The second-order valence-corrected chi connectivity index (χ2v) is 6.23. The molecule has 94 valence electrons. The molecule has 0 atom stereocenters. The molecule has 0 saturated heterocycles. The molecule has 0 N–H and O–H groups in total. The van der Waals surface area contributed by atoms with Gasteiger partial charge >= 0.3 is 0 Å². The zero-order valence-corrected chi connectivity index (χ0v) is 14.5. The van der Waals surface area contributed by atoms with Crippen molar-refractivity contribution in [2.45, 2.75) is 12.3 Å². The van der Waals surface area contributed by atoms with Crippen molar-refractivity contribution in [1.82, 2.24) is 0 Å². The van der Waals surface area contributed by atoms with Crippen molar-refractivity contribution >= 4 is 47.8 Å². The number of hydrogen-bond donors (Lipinski definition) is 0. The van der Waals surface area contributed by atoms with Crippen molar-refractivity contribution in [3.8, 4) is 11.5 Å². The van der Waals surface area contributed by atoms with E-state index in [2.05, 4.69) is 53.9 Å². The second-order valence-electron chi connectivity index (χ2n) is 3.90. The van der Waals surface area contributed by atoms with Crippen LogP contribution >= 0.6 is 47.8 Å². The Balaban J connectivity index is 2.30. The van der Waals surface area contributed by atoms with Crippen molar-refractivity contribution in [1.29, 1.82) is 0 Å². The highest BCUT2D eigenvalue weighted by atomic mass is 79.9. The van der Waals surface area contributed by atoms with Gasteiger partial charge in [-0.25, -0.2) is 0 Å². The van der Waals surface area contributed by atoms with Gasteiger partial charge in [-0.15, -0.1) is 0 Å². The Morgan fingerprint density at radius 2 is 1.83 bits per heavy atom. The van der Waals surface area contributed by atoms with E-state index < -0.39 is 0 Å². The summed E-state index contributed by atoms with van der Waals surface area (Å²) in [6.45, 7) is 2.05. The van der Waals surface area contributed by atoms with Crippen molar-refractivity contribution < 1.29 is 4.74 Å². The Bertz CT molecular complexity index is 567. The van der Waals surface area contributed by atoms with Crippen LogP contribution in [0.1, 0.15) is 11.1 Å². The molecule has 18 heavy (non-hydrogen) atoms. The van der Waals surface area contributed by atoms with E-state index in [-0.39, 0.29) is 0 Å². The molecule has 1 nitrogen and oxygen atoms in total. The van der Waals surface area contributed by atoms with Crippen molar-refractivity contribution in [3.63, 3.8) is 0 Å². The first-order chi connectivity index (χ1) is 8.60. The van der Waals surface area contributed by atoms with Crippen LogP contribution in [0, 0.1) is 6.92 Å². The quantitative estimate of drug-likeness (QED) is 0.522. The molecule has 2 aromatic rings. The monoisotopic (exact) mass is 432 g/mol. The summed E-state index contributed by atoms with van der Waals surface area (Å²) in [5.74, 6) is 1.72. The van der Waals surface area contributed by atoms with Crippen LogP contribution in [0.4, 0.5) is 0 Å². The Labute approximate surface area is 132 Å². The molecular weight excluding hydrogens is 424 g/mol. The van der Waals surface area contributed by atoms with Crippen LogP contribution in [0.5, 0.6) is 11.5 Å². The Morgan fingerprint density at radius 3 is 2.50 bits per heavy atom. The molecule has 0 aliphatic rings. The highest BCUT2D eigenvalue weighted by molar-refractivity contribution is 9.10. The average molecular weight is 435 g/mol. The molecule has 4 heteroatoms. The van der Waals surface area contributed by atoms with Crippen molar-refractivity contribution in [3.05, 3.63) is 56.5 Å². The summed E-state index contributed by atoms with van der Waals surface area (Å²) in [5, 5.41) is 0.761. The lowest BCUT2D eigenvalue weighted by molar-refractivity contribution is 0.478. The molecule has 0 saturated carbocycles. The van der Waals surface area contributed by atoms with Crippen LogP contribution in [0.2, 0.25) is 0 Å². The average Bonchev–Trinajstić information content (AvgIpc) is 2.36. The molecule has 0 aliphatic carbocycles. The molecule has 0 aliphatic heterocycles. The van der Waals surface area contributed by atoms with Gasteiger partial charge in [0, 0.05) is 19.8 Å². The van der Waals surface area contributed by atoms with Crippen LogP contribution in [0.3, 0.4) is 0 Å². The molecule has 2 rings (SSSR count). The van der Waals surface area contributed by atoms with Crippen LogP contribution in [-0.4, -0.2) is 0 Å². The van der Waals surface area contributed by atoms with Gasteiger partial charge in [0.05, 0.1) is 0 Å². The Kier molecular flexibility index (Phi) is 4.87. The number of halogens is 3. The molecule has 0 heterocycles. The summed E-state index contributed by atoms with van der Waals surface area (Å²) < 4.78 is 8.06. The van der Waals surface area contributed by atoms with E-state index in [1.807, 2.05) is 37.3 Å². The van der Waals surface area contributed by atoms with Crippen molar-refractivity contribution in [2.75, 3.05) is 0 Å². The highest BCUT2D eigenvalue weighted by Gasteiger charge is 2.06. The van der Waals surface area contributed by atoms with E-state index in [9.17, 15) is 0 Å². The van der Waals surface area contributed by atoms with Gasteiger partial charge in [0.2, 0.25) is 0 Å². The lowest BCUT2D eigenvalue weighted by atomic mass is 10.2. The molecule has 0 amide bonds. The van der Waals surface area contributed by atoms with Gasteiger partial charge in [0.15, 0.2) is 0 Å². The topological polar surface area (TPSA) is 9.23 Å². The number of hydrogen-bond acceptors (Lipinski definition) is 1. The lowest BCUT2D eigenvalue weighted by Gasteiger charge is -2.11. The molecule has 0 radical (unpaired) electrons. The third-order valence-corrected chi connectivity index (χ3v) is 4.51. The predicted octanol–water partition coefficient (Wildman–Crippen LogP) is 6.21. The number of aryl methyl sites for hydroxylation is 1.